The fourth-order valence-electron chi connectivity index (χ4n) is 2.20. The predicted octanol–water partition coefficient (Wildman–Crippen LogP) is -1.36. The number of nitrogens with one attached hydrogen (secondary N) is 2. The summed E-state index contributed by atoms with van der Waals surface area (Å²) in [5.41, 5.74) is 15.1. The van der Waals surface area contributed by atoms with Crippen molar-refractivity contribution in [3.8, 4) is 11.1 Å². The lowest BCUT2D eigenvalue weighted by Gasteiger charge is -2.16. The van der Waals surface area contributed by atoms with Crippen LogP contribution in [0.4, 0.5) is 5.82 Å². The van der Waals surface area contributed by atoms with E-state index >= 15 is 0 Å². The van der Waals surface area contributed by atoms with Crippen molar-refractivity contribution in [2.24, 2.45) is 21.8 Å². The summed E-state index contributed by atoms with van der Waals surface area (Å²) in [7, 11) is -2.14. The molecule has 0 amide bonds. The van der Waals surface area contributed by atoms with Gasteiger partial charge in [0.05, 0.1) is 9.79 Å². The van der Waals surface area contributed by atoms with E-state index in [-0.39, 0.29) is 21.2 Å². The number of benzene rings is 1. The molecule has 0 saturated carbocycles. The number of nitrogen functional groups attached to an aromatic ring is 1. The van der Waals surface area contributed by atoms with Crippen LogP contribution in [0.15, 0.2) is 45.4 Å². The average Bonchev–Trinajstić information content (AvgIpc) is 2.60. The second-order valence-corrected chi connectivity index (χ2v) is 7.07. The Morgan fingerprint density at radius 3 is 2.48 bits per heavy atom. The van der Waals surface area contributed by atoms with E-state index in [2.05, 4.69) is 20.3 Å². The third-order valence-electron chi connectivity index (χ3n) is 3.25. The monoisotopic (exact) mass is 382 g/mol. The third-order valence-corrected chi connectivity index (χ3v) is 5.31. The molecule has 2 aromatic rings. The maximum atomic E-state index is 12.2. The van der Waals surface area contributed by atoms with Gasteiger partial charge in [0.2, 0.25) is 0 Å². The molecule has 10 N–H and O–H groups in total. The highest BCUT2D eigenvalue weighted by Crippen LogP contribution is 2.31. The van der Waals surface area contributed by atoms with E-state index < -0.39 is 22.0 Å². The fourth-order valence-corrected chi connectivity index (χ4v) is 4.04. The van der Waals surface area contributed by atoms with Crippen LogP contribution in [-0.2, 0) is 22.0 Å². The Bertz CT molecular complexity index is 854. The zero-order valence-corrected chi connectivity index (χ0v) is 14.9. The zero-order chi connectivity index (χ0) is 18.6. The summed E-state index contributed by atoms with van der Waals surface area (Å²) in [6, 6.07) is 6.52. The molecule has 2 atom stereocenters. The summed E-state index contributed by atoms with van der Waals surface area (Å²) >= 11 is 0. The highest BCUT2D eigenvalue weighted by Gasteiger charge is 2.23. The Morgan fingerprint density at radius 1 is 1.24 bits per heavy atom. The van der Waals surface area contributed by atoms with Crippen LogP contribution in [0.5, 0.6) is 0 Å². The maximum Gasteiger partial charge on any atom is 0.154 e. The molecule has 1 aromatic heterocycles. The van der Waals surface area contributed by atoms with E-state index in [4.69, 9.17) is 22.4 Å². The maximum absolute atomic E-state index is 12.2. The average molecular weight is 382 g/mol. The van der Waals surface area contributed by atoms with Crippen molar-refractivity contribution in [1.82, 2.24) is 15.2 Å². The minimum Gasteiger partial charge on any atom is -0.384 e. The standard InChI is InChI=1S/C13H18N8O2S2/c1-18-25(23)9-4-3-8(7-2-5-10(14)19-6-7)11(12(9)24(17)22)13(15)20-21-16/h2-6,18,21H,16-17H2,1H3,(H2,14,19)(H2,15,20). The Kier molecular flexibility index (Phi) is 6.17. The first-order valence-electron chi connectivity index (χ1n) is 6.84. The Labute approximate surface area is 149 Å². The lowest BCUT2D eigenvalue weighted by atomic mass is 10.0. The molecule has 0 spiro atoms. The van der Waals surface area contributed by atoms with Gasteiger partial charge in [0, 0.05) is 17.3 Å². The molecule has 1 heterocycles. The highest BCUT2D eigenvalue weighted by molar-refractivity contribution is 7.86. The molecule has 25 heavy (non-hydrogen) atoms. The van der Waals surface area contributed by atoms with E-state index in [1.54, 1.807) is 24.3 Å². The quantitative estimate of drug-likeness (QED) is 0.154. The summed E-state index contributed by atoms with van der Waals surface area (Å²) in [5.74, 6) is 5.47. The Hall–Kier alpha value is -2.38. The second kappa shape index (κ2) is 8.13. The normalized spacial score (nSPS) is 14.1. The molecule has 2 unspecified atom stereocenters. The summed E-state index contributed by atoms with van der Waals surface area (Å²) < 4.78 is 27.0. The SMILES string of the molecule is CNS(=O)c1ccc(-c2ccc(N)nc2)c(/C(N)=N/NN)c1S(N)=O. The second-order valence-electron chi connectivity index (χ2n) is 4.68. The number of nitrogens with two attached hydrogens (primary N) is 4. The lowest BCUT2D eigenvalue weighted by Crippen LogP contribution is -2.27. The molecule has 0 aliphatic heterocycles. The molecule has 0 aliphatic rings. The van der Waals surface area contributed by atoms with E-state index in [9.17, 15) is 8.42 Å². The van der Waals surface area contributed by atoms with Crippen LogP contribution in [0, 0.1) is 0 Å². The van der Waals surface area contributed by atoms with Crippen molar-refractivity contribution < 1.29 is 8.42 Å². The number of anilines is 1. The first-order chi connectivity index (χ1) is 11.9. The van der Waals surface area contributed by atoms with Crippen molar-refractivity contribution in [3.63, 3.8) is 0 Å². The summed E-state index contributed by atoms with van der Waals surface area (Å²) in [6.45, 7) is 0. The first kappa shape index (κ1) is 19.0. The van der Waals surface area contributed by atoms with Crippen LogP contribution >= 0.6 is 0 Å². The number of pyridine rings is 1. The summed E-state index contributed by atoms with van der Waals surface area (Å²) in [6.07, 6.45) is 1.52. The van der Waals surface area contributed by atoms with Gasteiger partial charge in [0.1, 0.15) is 27.8 Å². The number of aromatic nitrogens is 1. The van der Waals surface area contributed by atoms with Crippen molar-refractivity contribution in [3.05, 3.63) is 36.0 Å². The number of rotatable bonds is 6. The van der Waals surface area contributed by atoms with Gasteiger partial charge in [0.15, 0.2) is 5.84 Å². The summed E-state index contributed by atoms with van der Waals surface area (Å²) in [5, 5.41) is 9.36. The van der Waals surface area contributed by atoms with Crippen LogP contribution in [-0.4, -0.2) is 26.3 Å². The lowest BCUT2D eigenvalue weighted by molar-refractivity contribution is 0.671. The Morgan fingerprint density at radius 2 is 1.96 bits per heavy atom. The van der Waals surface area contributed by atoms with Gasteiger partial charge < -0.3 is 11.5 Å². The number of nitrogens with zero attached hydrogens (tertiary/aromatic N) is 2. The number of hydrogen-bond acceptors (Lipinski definition) is 7. The van der Waals surface area contributed by atoms with Gasteiger partial charge >= 0.3 is 0 Å². The predicted molar refractivity (Wildman–Crippen MR) is 98.2 cm³/mol. The topological polar surface area (TPSA) is 188 Å². The van der Waals surface area contributed by atoms with Gasteiger partial charge in [-0.15, -0.1) is 5.10 Å². The van der Waals surface area contributed by atoms with E-state index in [0.717, 1.165) is 0 Å². The smallest absolute Gasteiger partial charge is 0.154 e. The minimum atomic E-state index is -1.99. The van der Waals surface area contributed by atoms with Crippen LogP contribution in [0.25, 0.3) is 11.1 Å². The number of hydrogen-bond donors (Lipinski definition) is 6. The van der Waals surface area contributed by atoms with Crippen LogP contribution in [0.1, 0.15) is 5.56 Å². The molecule has 12 heteroatoms. The van der Waals surface area contributed by atoms with Gasteiger partial charge in [-0.25, -0.2) is 34.6 Å². The Balaban J connectivity index is 2.86. The number of hydrazone groups is 1. The van der Waals surface area contributed by atoms with E-state index in [1.807, 2.05) is 0 Å². The molecule has 0 fully saturated rings. The minimum absolute atomic E-state index is 0.0712. The highest BCUT2D eigenvalue weighted by atomic mass is 32.2. The zero-order valence-electron chi connectivity index (χ0n) is 13.2. The van der Waals surface area contributed by atoms with Crippen molar-refractivity contribution >= 4 is 33.6 Å². The fraction of sp³-hybridized carbons (Fsp3) is 0.0769. The van der Waals surface area contributed by atoms with Gasteiger partial charge in [-0.1, -0.05) is 6.07 Å². The van der Waals surface area contributed by atoms with Crippen molar-refractivity contribution in [2.45, 2.75) is 9.79 Å². The first-order valence-corrected chi connectivity index (χ1v) is 9.20. The van der Waals surface area contributed by atoms with Crippen LogP contribution in [0.3, 0.4) is 0 Å². The van der Waals surface area contributed by atoms with Gasteiger partial charge in [-0.2, -0.15) is 0 Å². The molecule has 0 radical (unpaired) electrons. The molecular formula is C13H18N8O2S2. The van der Waals surface area contributed by atoms with Gasteiger partial charge in [-0.05, 0) is 30.8 Å². The molecule has 0 bridgehead atoms. The van der Waals surface area contributed by atoms with Crippen molar-refractivity contribution in [2.75, 3.05) is 12.8 Å². The van der Waals surface area contributed by atoms with Crippen molar-refractivity contribution in [1.29, 1.82) is 0 Å². The van der Waals surface area contributed by atoms with E-state index in [1.165, 1.54) is 13.2 Å². The van der Waals surface area contributed by atoms with Gasteiger partial charge in [0.25, 0.3) is 0 Å². The molecule has 1 aromatic carbocycles. The molecule has 0 saturated heterocycles. The molecule has 134 valence electrons. The van der Waals surface area contributed by atoms with E-state index in [0.29, 0.717) is 16.9 Å². The third kappa shape index (κ3) is 4.00. The van der Waals surface area contributed by atoms with Gasteiger partial charge in [-0.3, -0.25) is 0 Å². The number of amidine groups is 1. The van der Waals surface area contributed by atoms with Crippen LogP contribution < -0.4 is 32.7 Å². The summed E-state index contributed by atoms with van der Waals surface area (Å²) in [4.78, 5) is 4.33. The number of hydrazine groups is 1. The molecular weight excluding hydrogens is 364 g/mol. The molecule has 10 nitrogen and oxygen atoms in total. The largest absolute Gasteiger partial charge is 0.384 e. The molecule has 0 aliphatic carbocycles. The van der Waals surface area contributed by atoms with Crippen LogP contribution in [0.2, 0.25) is 0 Å². The molecule has 2 rings (SSSR count).